The van der Waals surface area contributed by atoms with Gasteiger partial charge < -0.3 is 15.0 Å². The molecule has 2 fully saturated rings. The topological polar surface area (TPSA) is 80.1 Å². The molecule has 2 aliphatic rings. The lowest BCUT2D eigenvalue weighted by molar-refractivity contribution is -0.914. The Morgan fingerprint density at radius 1 is 1.21 bits per heavy atom. The van der Waals surface area contributed by atoms with Gasteiger partial charge in [-0.1, -0.05) is 20.3 Å². The van der Waals surface area contributed by atoms with Crippen molar-refractivity contribution in [2.75, 3.05) is 45.9 Å². The molecule has 0 bridgehead atoms. The van der Waals surface area contributed by atoms with Crippen LogP contribution in [-0.2, 0) is 14.8 Å². The fraction of sp³-hybridized carbons (Fsp3) is 0.667. The summed E-state index contributed by atoms with van der Waals surface area (Å²) < 4.78 is 32.8. The van der Waals surface area contributed by atoms with Gasteiger partial charge in [-0.15, -0.1) is 0 Å². The minimum Gasteiger partial charge on any atom is -0.365 e. The van der Waals surface area contributed by atoms with Crippen molar-refractivity contribution in [2.45, 2.75) is 44.1 Å². The van der Waals surface area contributed by atoms with Crippen LogP contribution < -0.4 is 10.2 Å². The molecule has 0 aromatic heterocycles. The molecular formula is C21H34N3O4S+. The molecule has 0 saturated carbocycles. The van der Waals surface area contributed by atoms with E-state index in [0.29, 0.717) is 37.7 Å². The molecule has 29 heavy (non-hydrogen) atoms. The molecule has 0 aliphatic carbocycles. The van der Waals surface area contributed by atoms with E-state index in [9.17, 15) is 13.2 Å². The average Bonchev–Trinajstić information content (AvgIpc) is 2.72. The Morgan fingerprint density at radius 3 is 2.55 bits per heavy atom. The third kappa shape index (κ3) is 6.01. The fourth-order valence-corrected chi connectivity index (χ4v) is 5.61. The van der Waals surface area contributed by atoms with E-state index in [1.807, 2.05) is 0 Å². The Hall–Kier alpha value is -1.48. The van der Waals surface area contributed by atoms with Crippen LogP contribution in [0.4, 0.5) is 0 Å². The average molecular weight is 425 g/mol. The van der Waals surface area contributed by atoms with Gasteiger partial charge in [0.05, 0.1) is 18.0 Å². The standard InChI is InChI=1S/C21H33N3O4S/c1-17(2)15-23-12-13-28-19(16-23)14-22-21(25)18-6-8-20(9-7-18)29(26,27)24-10-4-3-5-11-24/h6-9,17,19H,3-5,10-16H2,1-2H3,(H,22,25)/p+1/t19-/m0/s1. The smallest absolute Gasteiger partial charge is 0.251 e. The number of benzene rings is 1. The molecule has 162 valence electrons. The van der Waals surface area contributed by atoms with E-state index in [-0.39, 0.29) is 16.9 Å². The summed E-state index contributed by atoms with van der Waals surface area (Å²) in [7, 11) is -3.47. The largest absolute Gasteiger partial charge is 0.365 e. The number of piperidine rings is 1. The Kier molecular flexibility index (Phi) is 7.67. The highest BCUT2D eigenvalue weighted by Gasteiger charge is 2.27. The molecule has 1 aromatic carbocycles. The Labute approximate surface area is 174 Å². The minimum atomic E-state index is -3.47. The van der Waals surface area contributed by atoms with E-state index in [1.54, 1.807) is 12.1 Å². The lowest BCUT2D eigenvalue weighted by atomic mass is 10.1. The molecule has 2 aliphatic heterocycles. The molecule has 7 nitrogen and oxygen atoms in total. The Morgan fingerprint density at radius 2 is 1.90 bits per heavy atom. The third-order valence-corrected chi connectivity index (χ3v) is 7.49. The molecule has 0 spiro atoms. The number of rotatable bonds is 7. The number of sulfonamides is 1. The zero-order valence-corrected chi connectivity index (χ0v) is 18.3. The van der Waals surface area contributed by atoms with Crippen molar-refractivity contribution in [2.24, 2.45) is 5.92 Å². The summed E-state index contributed by atoms with van der Waals surface area (Å²) in [5, 5.41) is 2.93. The Balaban J connectivity index is 1.54. The van der Waals surface area contributed by atoms with Gasteiger partial charge in [0.15, 0.2) is 0 Å². The number of amides is 1. The number of hydrogen-bond acceptors (Lipinski definition) is 4. The van der Waals surface area contributed by atoms with Gasteiger partial charge in [0.25, 0.3) is 5.91 Å². The zero-order chi connectivity index (χ0) is 20.9. The summed E-state index contributed by atoms with van der Waals surface area (Å²) in [5.74, 6) is 0.435. The van der Waals surface area contributed by atoms with Crippen LogP contribution in [0.1, 0.15) is 43.5 Å². The van der Waals surface area contributed by atoms with Gasteiger partial charge in [-0.2, -0.15) is 4.31 Å². The molecule has 2 N–H and O–H groups in total. The minimum absolute atomic E-state index is 0.0141. The predicted octanol–water partition coefficient (Wildman–Crippen LogP) is 0.531. The zero-order valence-electron chi connectivity index (χ0n) is 17.5. The number of carbonyl (C=O) groups excluding carboxylic acids is 1. The van der Waals surface area contributed by atoms with E-state index in [1.165, 1.54) is 21.3 Å². The van der Waals surface area contributed by atoms with E-state index >= 15 is 0 Å². The van der Waals surface area contributed by atoms with Crippen molar-refractivity contribution in [1.29, 1.82) is 0 Å². The lowest BCUT2D eigenvalue weighted by Crippen LogP contribution is -3.15. The molecule has 8 heteroatoms. The van der Waals surface area contributed by atoms with Crippen molar-refractivity contribution in [1.82, 2.24) is 9.62 Å². The van der Waals surface area contributed by atoms with Crippen LogP contribution in [0.15, 0.2) is 29.2 Å². The van der Waals surface area contributed by atoms with Gasteiger partial charge in [-0.25, -0.2) is 8.42 Å². The van der Waals surface area contributed by atoms with Gasteiger partial charge in [0, 0.05) is 31.1 Å². The van der Waals surface area contributed by atoms with E-state index in [0.717, 1.165) is 38.9 Å². The summed E-state index contributed by atoms with van der Waals surface area (Å²) >= 11 is 0. The first-order chi connectivity index (χ1) is 13.9. The predicted molar refractivity (Wildman–Crippen MR) is 112 cm³/mol. The summed E-state index contributed by atoms with van der Waals surface area (Å²) in [6.07, 6.45) is 2.89. The highest BCUT2D eigenvalue weighted by Crippen LogP contribution is 2.20. The molecule has 2 heterocycles. The summed E-state index contributed by atoms with van der Waals surface area (Å²) in [6.45, 7) is 9.77. The number of ether oxygens (including phenoxy) is 1. The fourth-order valence-electron chi connectivity index (χ4n) is 4.09. The maximum absolute atomic E-state index is 12.7. The molecule has 2 saturated heterocycles. The Bertz CT molecular complexity index is 774. The first-order valence-corrected chi connectivity index (χ1v) is 12.1. The maximum Gasteiger partial charge on any atom is 0.251 e. The van der Waals surface area contributed by atoms with Crippen LogP contribution in [0.5, 0.6) is 0 Å². The number of hydrogen-bond donors (Lipinski definition) is 2. The third-order valence-electron chi connectivity index (χ3n) is 5.58. The van der Waals surface area contributed by atoms with Gasteiger partial charge in [-0.05, 0) is 37.1 Å². The van der Waals surface area contributed by atoms with Crippen LogP contribution in [0.25, 0.3) is 0 Å². The lowest BCUT2D eigenvalue weighted by Gasteiger charge is -2.31. The summed E-state index contributed by atoms with van der Waals surface area (Å²) in [4.78, 5) is 14.2. The van der Waals surface area contributed by atoms with Crippen molar-refractivity contribution < 1.29 is 22.8 Å². The highest BCUT2D eigenvalue weighted by molar-refractivity contribution is 7.89. The molecule has 2 atom stereocenters. The van der Waals surface area contributed by atoms with E-state index < -0.39 is 10.0 Å². The molecule has 3 rings (SSSR count). The number of quaternary nitrogens is 1. The molecule has 1 unspecified atom stereocenters. The molecule has 1 aromatic rings. The van der Waals surface area contributed by atoms with Gasteiger partial charge in [0.2, 0.25) is 10.0 Å². The van der Waals surface area contributed by atoms with Gasteiger partial charge >= 0.3 is 0 Å². The summed E-state index contributed by atoms with van der Waals surface area (Å²) in [6, 6.07) is 6.24. The van der Waals surface area contributed by atoms with Crippen molar-refractivity contribution in [3.63, 3.8) is 0 Å². The van der Waals surface area contributed by atoms with E-state index in [4.69, 9.17) is 4.74 Å². The quantitative estimate of drug-likeness (QED) is 0.669. The maximum atomic E-state index is 12.7. The second-order valence-electron chi connectivity index (χ2n) is 8.49. The van der Waals surface area contributed by atoms with Crippen LogP contribution in [-0.4, -0.2) is 70.6 Å². The number of nitrogens with zero attached hydrogens (tertiary/aromatic N) is 1. The van der Waals surface area contributed by atoms with Crippen LogP contribution >= 0.6 is 0 Å². The van der Waals surface area contributed by atoms with Crippen molar-refractivity contribution >= 4 is 15.9 Å². The van der Waals surface area contributed by atoms with Crippen molar-refractivity contribution in [3.05, 3.63) is 29.8 Å². The van der Waals surface area contributed by atoms with Gasteiger partial charge in [-0.3, -0.25) is 4.79 Å². The molecular weight excluding hydrogens is 390 g/mol. The molecule has 1 amide bonds. The number of carbonyl (C=O) groups is 1. The SMILES string of the molecule is CC(C)C[NH+]1CCO[C@@H](CNC(=O)c2ccc(S(=O)(=O)N3CCCCC3)cc2)C1. The second-order valence-corrected chi connectivity index (χ2v) is 10.4. The monoisotopic (exact) mass is 424 g/mol. The van der Waals surface area contributed by atoms with Gasteiger partial charge in [0.1, 0.15) is 19.2 Å². The number of morpholine rings is 1. The first kappa shape index (κ1) is 22.2. The first-order valence-electron chi connectivity index (χ1n) is 10.7. The van der Waals surface area contributed by atoms with Crippen LogP contribution in [0.2, 0.25) is 0 Å². The number of nitrogens with one attached hydrogen (secondary N) is 2. The molecule has 0 radical (unpaired) electrons. The summed E-state index contributed by atoms with van der Waals surface area (Å²) in [5.41, 5.74) is 0.463. The highest BCUT2D eigenvalue weighted by atomic mass is 32.2. The van der Waals surface area contributed by atoms with Crippen LogP contribution in [0.3, 0.4) is 0 Å². The van der Waals surface area contributed by atoms with Crippen LogP contribution in [0, 0.1) is 5.92 Å². The normalized spacial score (nSPS) is 23.8. The second kappa shape index (κ2) is 10.0. The van der Waals surface area contributed by atoms with E-state index in [2.05, 4.69) is 19.2 Å². The van der Waals surface area contributed by atoms with Crippen molar-refractivity contribution in [3.8, 4) is 0 Å².